The maximum Gasteiger partial charge on any atom is 0.343 e. The molecule has 0 heterocycles. The van der Waals surface area contributed by atoms with E-state index in [0.717, 1.165) is 70.6 Å². The van der Waals surface area contributed by atoms with Crippen molar-refractivity contribution >= 4 is 23.9 Å². The molecule has 88 heavy (non-hydrogen) atoms. The lowest BCUT2D eigenvalue weighted by molar-refractivity contribution is -0.172. The molecule has 1 aliphatic carbocycles. The van der Waals surface area contributed by atoms with Gasteiger partial charge in [-0.25, -0.2) is 9.59 Å². The summed E-state index contributed by atoms with van der Waals surface area (Å²) in [4.78, 5) is 54.4. The Morgan fingerprint density at radius 3 is 0.920 bits per heavy atom. The van der Waals surface area contributed by atoms with Gasteiger partial charge in [0.15, 0.2) is 0 Å². The number of benzene rings is 8. The van der Waals surface area contributed by atoms with Gasteiger partial charge in [0, 0.05) is 11.8 Å². The van der Waals surface area contributed by atoms with E-state index >= 15 is 0 Å². The smallest absolute Gasteiger partial charge is 0.343 e. The molecule has 1 aliphatic rings. The molecule has 456 valence electrons. The Labute approximate surface area is 518 Å². The van der Waals surface area contributed by atoms with Crippen LogP contribution in [0.3, 0.4) is 0 Å². The van der Waals surface area contributed by atoms with Crippen LogP contribution >= 0.6 is 0 Å². The molecule has 0 saturated heterocycles. The Morgan fingerprint density at radius 1 is 0.295 bits per heavy atom. The summed E-state index contributed by atoms with van der Waals surface area (Å²) in [5.74, 6) is -0.693. The molecule has 0 N–H and O–H groups in total. The monoisotopic (exact) mass is 1180 g/mol. The molecule has 0 bridgehead atoms. The molecule has 12 heteroatoms. The molecule has 0 aliphatic heterocycles. The van der Waals surface area contributed by atoms with E-state index in [1.54, 1.807) is 48.5 Å². The van der Waals surface area contributed by atoms with Gasteiger partial charge in [-0.05, 0) is 143 Å². The normalized spacial score (nSPS) is 15.0. The molecule has 8 aromatic carbocycles. The van der Waals surface area contributed by atoms with Crippen LogP contribution in [0, 0.1) is 11.8 Å². The van der Waals surface area contributed by atoms with Gasteiger partial charge in [0.05, 0.1) is 36.2 Å². The van der Waals surface area contributed by atoms with Crippen molar-refractivity contribution in [1.82, 2.24) is 0 Å². The van der Waals surface area contributed by atoms with Gasteiger partial charge in [-0.1, -0.05) is 187 Å². The van der Waals surface area contributed by atoms with Crippen LogP contribution in [0.1, 0.15) is 135 Å². The summed E-state index contributed by atoms with van der Waals surface area (Å²) < 4.78 is 46.9. The van der Waals surface area contributed by atoms with E-state index in [2.05, 4.69) is 13.8 Å². The molecule has 0 aromatic heterocycles. The minimum absolute atomic E-state index is 0.0384. The van der Waals surface area contributed by atoms with E-state index in [4.69, 9.17) is 37.9 Å². The predicted octanol–water partition coefficient (Wildman–Crippen LogP) is 17.3. The SMILES string of the molecule is CCCCCCCCOc1ccc(OC(=O)c2ccc(-c3ccc(OCCOC(=O)[C@H]4[C@H](C(=O)OCCOc5ccc(-c6ccc(C(=O)Oc7ccc(OCCCCCCCC)cc7)cc6)cc5)[C@@H](c5ccccc5)[C@@H]4c4ccccc4)cc3)cc2)cc1. The Bertz CT molecular complexity index is 3160. The highest BCUT2D eigenvalue weighted by Gasteiger charge is 2.59. The predicted molar refractivity (Wildman–Crippen MR) is 343 cm³/mol. The Kier molecular flexibility index (Phi) is 24.2. The molecule has 4 atom stereocenters. The van der Waals surface area contributed by atoms with Crippen LogP contribution in [0.15, 0.2) is 206 Å². The van der Waals surface area contributed by atoms with Gasteiger partial charge in [0.2, 0.25) is 0 Å². The fourth-order valence-corrected chi connectivity index (χ4v) is 11.1. The molecule has 0 amide bonds. The zero-order valence-corrected chi connectivity index (χ0v) is 50.6. The number of hydrogen-bond donors (Lipinski definition) is 0. The average molecular weight is 1190 g/mol. The standard InChI is InChI=1S/C76H80O12/c1-3-5-7-9-11-19-49-81-65-41-45-67(46-42-65)87-73(77)61-29-25-55(26-30-61)57-33-37-63(38-34-57)83-51-53-85-75(79)71-69(59-21-15-13-16-22-59)70(60-23-17-14-18-24-60)72(71)76(80)86-54-52-84-64-39-35-58(36-40-64)56-27-31-62(32-28-56)74(78)88-68-47-43-66(44-48-68)82-50-20-12-10-8-6-4-2/h13-18,21-48,69-72H,3-12,19-20,49-54H2,1-2H3/t69-,70-,71+,72+/m0/s1. The third-order valence-corrected chi connectivity index (χ3v) is 15.9. The summed E-state index contributed by atoms with van der Waals surface area (Å²) in [6.45, 7) is 5.86. The van der Waals surface area contributed by atoms with Crippen molar-refractivity contribution in [3.8, 4) is 56.8 Å². The summed E-state index contributed by atoms with van der Waals surface area (Å²) in [5, 5.41) is 0. The largest absolute Gasteiger partial charge is 0.494 e. The third kappa shape index (κ3) is 18.4. The number of rotatable bonds is 34. The van der Waals surface area contributed by atoms with E-state index < -0.39 is 35.7 Å². The molecular formula is C76H80O12. The topological polar surface area (TPSA) is 142 Å². The van der Waals surface area contributed by atoms with Gasteiger partial charge in [-0.15, -0.1) is 0 Å². The van der Waals surface area contributed by atoms with Gasteiger partial charge in [0.1, 0.15) is 60.9 Å². The number of carbonyl (C=O) groups is 4. The third-order valence-electron chi connectivity index (χ3n) is 15.9. The van der Waals surface area contributed by atoms with Crippen molar-refractivity contribution in [1.29, 1.82) is 0 Å². The molecule has 0 radical (unpaired) electrons. The molecular weight excluding hydrogens is 1100 g/mol. The lowest BCUT2D eigenvalue weighted by Gasteiger charge is -2.49. The van der Waals surface area contributed by atoms with E-state index in [9.17, 15) is 19.2 Å². The van der Waals surface area contributed by atoms with E-state index in [-0.39, 0.29) is 38.3 Å². The summed E-state index contributed by atoms with van der Waals surface area (Å²) in [5.41, 5.74) is 6.34. The van der Waals surface area contributed by atoms with Crippen molar-refractivity contribution in [3.63, 3.8) is 0 Å². The molecule has 12 nitrogen and oxygen atoms in total. The van der Waals surface area contributed by atoms with E-state index in [1.165, 1.54) is 51.4 Å². The molecule has 1 fully saturated rings. The lowest BCUT2D eigenvalue weighted by atomic mass is 9.52. The number of esters is 4. The number of carbonyl (C=O) groups excluding carboxylic acids is 4. The fraction of sp³-hybridized carbons (Fsp3) is 0.316. The average Bonchev–Trinajstić information content (AvgIpc) is 0.754. The van der Waals surface area contributed by atoms with Crippen molar-refractivity contribution in [2.75, 3.05) is 39.6 Å². The van der Waals surface area contributed by atoms with Crippen molar-refractivity contribution < 1.29 is 57.1 Å². The molecule has 9 rings (SSSR count). The zero-order chi connectivity index (χ0) is 61.1. The summed E-state index contributed by atoms with van der Waals surface area (Å²) >= 11 is 0. The minimum atomic E-state index is -0.816. The van der Waals surface area contributed by atoms with Crippen LogP contribution in [0.4, 0.5) is 0 Å². The van der Waals surface area contributed by atoms with Gasteiger partial charge >= 0.3 is 23.9 Å². The highest BCUT2D eigenvalue weighted by atomic mass is 16.6. The van der Waals surface area contributed by atoms with Crippen molar-refractivity contribution in [2.24, 2.45) is 11.8 Å². The molecule has 8 aromatic rings. The second-order valence-corrected chi connectivity index (χ2v) is 22.1. The second kappa shape index (κ2) is 33.7. The van der Waals surface area contributed by atoms with Crippen molar-refractivity contribution in [3.05, 3.63) is 229 Å². The van der Waals surface area contributed by atoms with Gasteiger partial charge in [0.25, 0.3) is 0 Å². The summed E-state index contributed by atoms with van der Waals surface area (Å²) in [6, 6.07) is 63.2. The zero-order valence-electron chi connectivity index (χ0n) is 50.6. The Morgan fingerprint density at radius 2 is 0.580 bits per heavy atom. The Hall–Kier alpha value is -9.16. The number of unbranched alkanes of at least 4 members (excludes halogenated alkanes) is 10. The first-order valence-electron chi connectivity index (χ1n) is 31.2. The van der Waals surface area contributed by atoms with Gasteiger partial charge in [-0.2, -0.15) is 0 Å². The van der Waals surface area contributed by atoms with Crippen LogP contribution in [0.25, 0.3) is 22.3 Å². The molecule has 1 saturated carbocycles. The maximum atomic E-state index is 14.2. The first-order valence-corrected chi connectivity index (χ1v) is 31.2. The van der Waals surface area contributed by atoms with Crippen LogP contribution in [-0.4, -0.2) is 63.5 Å². The molecule has 0 spiro atoms. The van der Waals surface area contributed by atoms with E-state index in [1.807, 2.05) is 158 Å². The van der Waals surface area contributed by atoms with Crippen LogP contribution in [-0.2, 0) is 19.1 Å². The number of ether oxygens (including phenoxy) is 8. The summed E-state index contributed by atoms with van der Waals surface area (Å²) in [6.07, 6.45) is 14.4. The fourth-order valence-electron chi connectivity index (χ4n) is 11.1. The summed E-state index contributed by atoms with van der Waals surface area (Å²) in [7, 11) is 0. The van der Waals surface area contributed by atoms with Gasteiger partial charge < -0.3 is 37.9 Å². The van der Waals surface area contributed by atoms with E-state index in [0.29, 0.717) is 47.3 Å². The highest BCUT2D eigenvalue weighted by Crippen LogP contribution is 2.58. The number of hydrogen-bond acceptors (Lipinski definition) is 12. The minimum Gasteiger partial charge on any atom is -0.494 e. The van der Waals surface area contributed by atoms with Crippen LogP contribution in [0.5, 0.6) is 34.5 Å². The maximum absolute atomic E-state index is 14.2. The van der Waals surface area contributed by atoms with Crippen LogP contribution < -0.4 is 28.4 Å². The van der Waals surface area contributed by atoms with Crippen LogP contribution in [0.2, 0.25) is 0 Å². The van der Waals surface area contributed by atoms with Crippen molar-refractivity contribution in [2.45, 2.75) is 103 Å². The second-order valence-electron chi connectivity index (χ2n) is 22.1. The quantitative estimate of drug-likeness (QED) is 0.0215. The lowest BCUT2D eigenvalue weighted by Crippen LogP contribution is -2.52. The highest BCUT2D eigenvalue weighted by molar-refractivity contribution is 5.92. The first-order chi connectivity index (χ1) is 43.2. The Balaban J connectivity index is 0.724. The first kappa shape index (κ1) is 63.3. The van der Waals surface area contributed by atoms with Gasteiger partial charge in [-0.3, -0.25) is 9.59 Å². The molecule has 0 unspecified atom stereocenters.